The van der Waals surface area contributed by atoms with Crippen LogP contribution in [0.25, 0.3) is 28.4 Å². The molecule has 0 aliphatic carbocycles. The van der Waals surface area contributed by atoms with Crippen LogP contribution in [0.15, 0.2) is 54.6 Å². The monoisotopic (exact) mass is 276 g/mol. The minimum Gasteiger partial charge on any atom is -0.366 e. The zero-order valence-corrected chi connectivity index (χ0v) is 11.1. The minimum atomic E-state index is 0.205. The molecule has 4 aromatic rings. The number of aromatic amines is 1. The Balaban J connectivity index is 2.06. The SMILES string of the molecule is Nc1n[nH]c(-c2nc3ccccc3n2-c2ccccc2)n1. The van der Waals surface area contributed by atoms with E-state index in [9.17, 15) is 0 Å². The molecule has 0 fully saturated rings. The van der Waals surface area contributed by atoms with Gasteiger partial charge in [-0.25, -0.2) is 4.98 Å². The molecule has 4 rings (SSSR count). The number of hydrogen-bond acceptors (Lipinski definition) is 4. The summed E-state index contributed by atoms with van der Waals surface area (Å²) < 4.78 is 2.04. The Morgan fingerprint density at radius 2 is 1.67 bits per heavy atom. The number of nitrogens with one attached hydrogen (secondary N) is 1. The highest BCUT2D eigenvalue weighted by Gasteiger charge is 2.16. The van der Waals surface area contributed by atoms with E-state index in [1.807, 2.05) is 59.2 Å². The third-order valence-electron chi connectivity index (χ3n) is 3.29. The maximum absolute atomic E-state index is 5.61. The Bertz CT molecular complexity index is 906. The Hall–Kier alpha value is -3.15. The van der Waals surface area contributed by atoms with Gasteiger partial charge in [-0.05, 0) is 24.3 Å². The number of anilines is 1. The largest absolute Gasteiger partial charge is 0.366 e. The summed E-state index contributed by atoms with van der Waals surface area (Å²) in [6.07, 6.45) is 0. The third-order valence-corrected chi connectivity index (χ3v) is 3.29. The van der Waals surface area contributed by atoms with Crippen LogP contribution in [0.2, 0.25) is 0 Å². The molecule has 6 heteroatoms. The van der Waals surface area contributed by atoms with Crippen LogP contribution in [-0.2, 0) is 0 Å². The first kappa shape index (κ1) is 11.7. The summed E-state index contributed by atoms with van der Waals surface area (Å²) in [4.78, 5) is 8.84. The molecule has 0 amide bonds. The minimum absolute atomic E-state index is 0.205. The van der Waals surface area contributed by atoms with Crippen LogP contribution in [0.3, 0.4) is 0 Å². The van der Waals surface area contributed by atoms with E-state index >= 15 is 0 Å². The molecule has 0 aliphatic rings. The summed E-state index contributed by atoms with van der Waals surface area (Å²) in [6.45, 7) is 0. The number of rotatable bonds is 2. The van der Waals surface area contributed by atoms with Crippen LogP contribution in [0, 0.1) is 0 Å². The Morgan fingerprint density at radius 1 is 0.905 bits per heavy atom. The van der Waals surface area contributed by atoms with E-state index in [0.717, 1.165) is 16.7 Å². The average molecular weight is 276 g/mol. The number of H-pyrrole nitrogens is 1. The maximum atomic E-state index is 5.61. The van der Waals surface area contributed by atoms with Gasteiger partial charge in [0.15, 0.2) is 11.6 Å². The summed E-state index contributed by atoms with van der Waals surface area (Å²) in [6, 6.07) is 18.0. The molecule has 0 aliphatic heterocycles. The highest BCUT2D eigenvalue weighted by Crippen LogP contribution is 2.26. The highest BCUT2D eigenvalue weighted by molar-refractivity contribution is 5.82. The van der Waals surface area contributed by atoms with Crippen molar-refractivity contribution < 1.29 is 0 Å². The number of nitrogens with two attached hydrogens (primary N) is 1. The molecule has 2 aromatic carbocycles. The fraction of sp³-hybridized carbons (Fsp3) is 0. The Kier molecular flexibility index (Phi) is 2.47. The Morgan fingerprint density at radius 3 is 2.43 bits per heavy atom. The van der Waals surface area contributed by atoms with Crippen molar-refractivity contribution >= 4 is 17.0 Å². The van der Waals surface area contributed by atoms with Crippen LogP contribution in [0.1, 0.15) is 0 Å². The summed E-state index contributed by atoms with van der Waals surface area (Å²) in [5.41, 5.74) is 8.52. The van der Waals surface area contributed by atoms with Crippen LogP contribution in [0.5, 0.6) is 0 Å². The lowest BCUT2D eigenvalue weighted by Gasteiger charge is -2.07. The number of hydrogen-bond donors (Lipinski definition) is 2. The van der Waals surface area contributed by atoms with Gasteiger partial charge >= 0.3 is 0 Å². The maximum Gasteiger partial charge on any atom is 0.239 e. The lowest BCUT2D eigenvalue weighted by atomic mass is 10.3. The van der Waals surface area contributed by atoms with Gasteiger partial charge in [0.2, 0.25) is 5.95 Å². The van der Waals surface area contributed by atoms with Gasteiger partial charge in [0.25, 0.3) is 0 Å². The first-order chi connectivity index (χ1) is 10.3. The van der Waals surface area contributed by atoms with Gasteiger partial charge in [0.05, 0.1) is 11.0 Å². The molecule has 0 unspecified atom stereocenters. The van der Waals surface area contributed by atoms with E-state index in [1.165, 1.54) is 0 Å². The molecule has 0 atom stereocenters. The van der Waals surface area contributed by atoms with Crippen LogP contribution < -0.4 is 5.73 Å². The molecule has 0 radical (unpaired) electrons. The highest BCUT2D eigenvalue weighted by atomic mass is 15.3. The zero-order chi connectivity index (χ0) is 14.2. The molecule has 3 N–H and O–H groups in total. The lowest BCUT2D eigenvalue weighted by molar-refractivity contribution is 1.04. The van der Waals surface area contributed by atoms with Crippen molar-refractivity contribution in [2.45, 2.75) is 0 Å². The normalized spacial score (nSPS) is 11.0. The lowest BCUT2D eigenvalue weighted by Crippen LogP contribution is -1.98. The zero-order valence-electron chi connectivity index (χ0n) is 11.1. The van der Waals surface area contributed by atoms with Crippen LogP contribution >= 0.6 is 0 Å². The predicted molar refractivity (Wildman–Crippen MR) is 80.9 cm³/mol. The van der Waals surface area contributed by atoms with Crippen molar-refractivity contribution in [3.8, 4) is 17.3 Å². The van der Waals surface area contributed by atoms with Crippen LogP contribution in [0.4, 0.5) is 5.95 Å². The fourth-order valence-corrected chi connectivity index (χ4v) is 2.40. The van der Waals surface area contributed by atoms with Gasteiger partial charge in [0.1, 0.15) is 0 Å². The van der Waals surface area contributed by atoms with Crippen molar-refractivity contribution in [2.24, 2.45) is 0 Å². The predicted octanol–water partition coefficient (Wildman–Crippen LogP) is 2.39. The molecule has 21 heavy (non-hydrogen) atoms. The topological polar surface area (TPSA) is 85.4 Å². The van der Waals surface area contributed by atoms with E-state index in [0.29, 0.717) is 11.6 Å². The second kappa shape index (κ2) is 4.45. The van der Waals surface area contributed by atoms with Crippen molar-refractivity contribution in [3.05, 3.63) is 54.6 Å². The molecule has 0 bridgehead atoms. The van der Waals surface area contributed by atoms with Gasteiger partial charge < -0.3 is 5.73 Å². The first-order valence-electron chi connectivity index (χ1n) is 6.54. The Labute approximate surface area is 120 Å². The molecule has 0 saturated carbocycles. The van der Waals surface area contributed by atoms with E-state index in [4.69, 9.17) is 5.73 Å². The first-order valence-corrected chi connectivity index (χ1v) is 6.54. The molecule has 2 heterocycles. The molecule has 6 nitrogen and oxygen atoms in total. The summed E-state index contributed by atoms with van der Waals surface area (Å²) >= 11 is 0. The van der Waals surface area contributed by atoms with Gasteiger partial charge in [-0.3, -0.25) is 9.67 Å². The van der Waals surface area contributed by atoms with Gasteiger partial charge in [0, 0.05) is 5.69 Å². The summed E-state index contributed by atoms with van der Waals surface area (Å²) in [5, 5.41) is 6.71. The standard InChI is InChI=1S/C15H12N6/c16-15-18-13(19-20-15)14-17-11-8-4-5-9-12(11)21(14)10-6-2-1-3-7-10/h1-9H,(H3,16,18,19,20). The fourth-order valence-electron chi connectivity index (χ4n) is 2.40. The van der Waals surface area contributed by atoms with Crippen molar-refractivity contribution in [2.75, 3.05) is 5.73 Å². The smallest absolute Gasteiger partial charge is 0.239 e. The number of aromatic nitrogens is 5. The molecule has 0 spiro atoms. The molecular formula is C15H12N6. The van der Waals surface area contributed by atoms with Gasteiger partial charge in [-0.2, -0.15) is 4.98 Å². The quantitative estimate of drug-likeness (QED) is 0.588. The number of benzene rings is 2. The van der Waals surface area contributed by atoms with Crippen molar-refractivity contribution in [1.29, 1.82) is 0 Å². The van der Waals surface area contributed by atoms with Gasteiger partial charge in [-0.1, -0.05) is 30.3 Å². The number of fused-ring (bicyclic) bond motifs is 1. The second-order valence-corrected chi connectivity index (χ2v) is 4.64. The van der Waals surface area contributed by atoms with E-state index in [-0.39, 0.29) is 5.95 Å². The number of imidazole rings is 1. The number of nitrogen functional groups attached to an aromatic ring is 1. The second-order valence-electron chi connectivity index (χ2n) is 4.64. The number of para-hydroxylation sites is 3. The average Bonchev–Trinajstić information content (AvgIpc) is 3.11. The van der Waals surface area contributed by atoms with E-state index in [1.54, 1.807) is 0 Å². The van der Waals surface area contributed by atoms with Crippen molar-refractivity contribution in [1.82, 2.24) is 24.7 Å². The van der Waals surface area contributed by atoms with Gasteiger partial charge in [-0.15, -0.1) is 5.10 Å². The number of nitrogens with zero attached hydrogens (tertiary/aromatic N) is 4. The molecule has 0 saturated heterocycles. The molecular weight excluding hydrogens is 264 g/mol. The summed E-state index contributed by atoms with van der Waals surface area (Å²) in [5.74, 6) is 1.44. The molecule has 102 valence electrons. The molecule has 2 aromatic heterocycles. The van der Waals surface area contributed by atoms with Crippen molar-refractivity contribution in [3.63, 3.8) is 0 Å². The third kappa shape index (κ3) is 1.85. The van der Waals surface area contributed by atoms with Crippen LogP contribution in [-0.4, -0.2) is 24.7 Å². The van der Waals surface area contributed by atoms with E-state index < -0.39 is 0 Å². The van der Waals surface area contributed by atoms with E-state index in [2.05, 4.69) is 20.2 Å². The summed E-state index contributed by atoms with van der Waals surface area (Å²) in [7, 11) is 0.